The van der Waals surface area contributed by atoms with Crippen molar-refractivity contribution >= 4 is 23.4 Å². The highest BCUT2D eigenvalue weighted by Crippen LogP contribution is 2.19. The van der Waals surface area contributed by atoms with Crippen LogP contribution in [-0.4, -0.2) is 28.8 Å². The maximum absolute atomic E-state index is 13.5. The van der Waals surface area contributed by atoms with Gasteiger partial charge in [0.25, 0.3) is 0 Å². The summed E-state index contributed by atoms with van der Waals surface area (Å²) < 4.78 is 0. The Labute approximate surface area is 201 Å². The summed E-state index contributed by atoms with van der Waals surface area (Å²) in [5.74, 6) is -0.206. The largest absolute Gasteiger partial charge is 0.352 e. The third-order valence-corrected chi connectivity index (χ3v) is 5.65. The van der Waals surface area contributed by atoms with Gasteiger partial charge in [-0.1, -0.05) is 84.4 Å². The Morgan fingerprint density at radius 1 is 0.848 bits per heavy atom. The molecule has 0 unspecified atom stereocenters. The van der Waals surface area contributed by atoms with E-state index in [1.54, 1.807) is 11.0 Å². The highest BCUT2D eigenvalue weighted by molar-refractivity contribution is 6.30. The quantitative estimate of drug-likeness (QED) is 0.436. The minimum absolute atomic E-state index is 0.0248. The molecule has 3 aromatic rings. The predicted molar refractivity (Wildman–Crippen MR) is 134 cm³/mol. The molecule has 172 valence electrons. The van der Waals surface area contributed by atoms with Crippen molar-refractivity contribution in [3.63, 3.8) is 0 Å². The monoisotopic (exact) mass is 462 g/mol. The molecule has 0 fully saturated rings. The molecule has 4 nitrogen and oxygen atoms in total. The van der Waals surface area contributed by atoms with Crippen LogP contribution in [0.15, 0.2) is 84.9 Å². The molecular formula is C28H31ClN2O2. The fourth-order valence-electron chi connectivity index (χ4n) is 3.81. The minimum atomic E-state index is -0.628. The maximum Gasteiger partial charge on any atom is 0.243 e. The van der Waals surface area contributed by atoms with Gasteiger partial charge in [0.2, 0.25) is 11.8 Å². The van der Waals surface area contributed by atoms with Crippen LogP contribution >= 0.6 is 11.6 Å². The lowest BCUT2D eigenvalue weighted by Gasteiger charge is -2.32. The summed E-state index contributed by atoms with van der Waals surface area (Å²) in [5.41, 5.74) is 3.00. The van der Waals surface area contributed by atoms with E-state index in [-0.39, 0.29) is 17.9 Å². The summed E-state index contributed by atoms with van der Waals surface area (Å²) in [6.45, 7) is 4.17. The Morgan fingerprint density at radius 3 is 2.06 bits per heavy atom. The fourth-order valence-corrected chi connectivity index (χ4v) is 4.02. The summed E-state index contributed by atoms with van der Waals surface area (Å²) in [4.78, 5) is 28.6. The van der Waals surface area contributed by atoms with Gasteiger partial charge in [0, 0.05) is 30.5 Å². The minimum Gasteiger partial charge on any atom is -0.352 e. The number of rotatable bonds is 10. The van der Waals surface area contributed by atoms with Gasteiger partial charge < -0.3 is 10.2 Å². The highest BCUT2D eigenvalue weighted by atomic mass is 35.5. The highest BCUT2D eigenvalue weighted by Gasteiger charge is 2.30. The number of hydrogen-bond acceptors (Lipinski definition) is 2. The van der Waals surface area contributed by atoms with E-state index in [2.05, 4.69) is 5.32 Å². The molecule has 0 aliphatic heterocycles. The molecule has 0 spiro atoms. The number of hydrogen-bond donors (Lipinski definition) is 1. The first-order chi connectivity index (χ1) is 15.9. The first-order valence-corrected chi connectivity index (χ1v) is 11.7. The Hall–Kier alpha value is -3.11. The third-order valence-electron chi connectivity index (χ3n) is 5.41. The second kappa shape index (κ2) is 12.2. The molecule has 5 heteroatoms. The van der Waals surface area contributed by atoms with Gasteiger partial charge in [0.15, 0.2) is 0 Å². The number of carbonyl (C=O) groups is 2. The Balaban J connectivity index is 1.90. The van der Waals surface area contributed by atoms with E-state index in [4.69, 9.17) is 11.6 Å². The zero-order valence-corrected chi connectivity index (χ0v) is 20.0. The van der Waals surface area contributed by atoms with E-state index < -0.39 is 6.04 Å². The third kappa shape index (κ3) is 7.76. The van der Waals surface area contributed by atoms with Crippen LogP contribution in [0, 0.1) is 0 Å². The molecule has 0 aromatic heterocycles. The number of nitrogens with one attached hydrogen (secondary N) is 1. The number of carbonyl (C=O) groups excluding carboxylic acids is 2. The smallest absolute Gasteiger partial charge is 0.243 e. The predicted octanol–water partition coefficient (Wildman–Crippen LogP) is 5.44. The first-order valence-electron chi connectivity index (χ1n) is 11.3. The molecular weight excluding hydrogens is 432 g/mol. The molecule has 0 bridgehead atoms. The summed E-state index contributed by atoms with van der Waals surface area (Å²) in [5, 5.41) is 3.62. The van der Waals surface area contributed by atoms with Gasteiger partial charge >= 0.3 is 0 Å². The molecule has 33 heavy (non-hydrogen) atoms. The van der Waals surface area contributed by atoms with Crippen molar-refractivity contribution in [2.24, 2.45) is 0 Å². The molecule has 1 atom stereocenters. The zero-order valence-electron chi connectivity index (χ0n) is 19.2. The summed E-state index contributed by atoms with van der Waals surface area (Å²) in [6, 6.07) is 26.6. The number of nitrogens with zero attached hydrogens (tertiary/aromatic N) is 1. The number of benzene rings is 3. The topological polar surface area (TPSA) is 49.4 Å². The molecule has 3 rings (SSSR count). The number of halogens is 1. The van der Waals surface area contributed by atoms with Crippen LogP contribution in [0.25, 0.3) is 0 Å². The van der Waals surface area contributed by atoms with Crippen LogP contribution in [-0.2, 0) is 29.0 Å². The maximum atomic E-state index is 13.5. The van der Waals surface area contributed by atoms with Crippen molar-refractivity contribution in [3.8, 4) is 0 Å². The second-order valence-electron chi connectivity index (χ2n) is 8.51. The van der Waals surface area contributed by atoms with Gasteiger partial charge in [-0.3, -0.25) is 9.59 Å². The van der Waals surface area contributed by atoms with E-state index >= 15 is 0 Å². The lowest BCUT2D eigenvalue weighted by Crippen LogP contribution is -2.51. The lowest BCUT2D eigenvalue weighted by atomic mass is 10.0. The fraction of sp³-hybridized carbons (Fsp3) is 0.286. The van der Waals surface area contributed by atoms with E-state index in [0.717, 1.165) is 16.7 Å². The van der Waals surface area contributed by atoms with E-state index in [9.17, 15) is 9.59 Å². The Bertz CT molecular complexity index is 1040. The van der Waals surface area contributed by atoms with Crippen LogP contribution < -0.4 is 5.32 Å². The van der Waals surface area contributed by atoms with Gasteiger partial charge in [0.1, 0.15) is 6.04 Å². The molecule has 3 aromatic carbocycles. The van der Waals surface area contributed by atoms with Crippen molar-refractivity contribution in [1.82, 2.24) is 10.2 Å². The van der Waals surface area contributed by atoms with Crippen molar-refractivity contribution in [1.29, 1.82) is 0 Å². The van der Waals surface area contributed by atoms with Crippen molar-refractivity contribution in [2.45, 2.75) is 51.7 Å². The molecule has 1 N–H and O–H groups in total. The standard InChI is InChI=1S/C28H31ClN2O2/c1-21(2)30-28(33)26(19-23-12-7-4-8-13-23)31(20-24-14-9-15-25(29)18-24)27(32)17-16-22-10-5-3-6-11-22/h3-15,18,21,26H,16-17,19-20H2,1-2H3,(H,30,33)/t26-/m0/s1. The van der Waals surface area contributed by atoms with Crippen LogP contribution in [0.2, 0.25) is 5.02 Å². The average Bonchev–Trinajstić information content (AvgIpc) is 2.80. The summed E-state index contributed by atoms with van der Waals surface area (Å²) in [6.07, 6.45) is 1.39. The number of aryl methyl sites for hydroxylation is 1. The van der Waals surface area contributed by atoms with Crippen LogP contribution in [0.5, 0.6) is 0 Å². The molecule has 0 saturated heterocycles. The Kier molecular flexibility index (Phi) is 9.08. The zero-order chi connectivity index (χ0) is 23.6. The van der Waals surface area contributed by atoms with Crippen molar-refractivity contribution < 1.29 is 9.59 Å². The molecule has 0 aliphatic rings. The second-order valence-corrected chi connectivity index (χ2v) is 8.94. The van der Waals surface area contributed by atoms with Crippen LogP contribution in [0.1, 0.15) is 37.0 Å². The van der Waals surface area contributed by atoms with Gasteiger partial charge in [-0.25, -0.2) is 0 Å². The average molecular weight is 463 g/mol. The van der Waals surface area contributed by atoms with Gasteiger partial charge in [-0.15, -0.1) is 0 Å². The van der Waals surface area contributed by atoms with Gasteiger partial charge in [-0.05, 0) is 49.1 Å². The first kappa shape index (κ1) is 24.5. The van der Waals surface area contributed by atoms with Crippen LogP contribution in [0.4, 0.5) is 0 Å². The SMILES string of the molecule is CC(C)NC(=O)[C@H](Cc1ccccc1)N(Cc1cccc(Cl)c1)C(=O)CCc1ccccc1. The summed E-state index contributed by atoms with van der Waals surface area (Å²) >= 11 is 6.21. The van der Waals surface area contributed by atoms with E-state index in [1.807, 2.05) is 92.7 Å². The normalized spacial score (nSPS) is 11.8. The van der Waals surface area contributed by atoms with E-state index in [0.29, 0.717) is 30.8 Å². The Morgan fingerprint density at radius 2 is 1.45 bits per heavy atom. The molecule has 0 saturated carbocycles. The summed E-state index contributed by atoms with van der Waals surface area (Å²) in [7, 11) is 0. The molecule has 0 radical (unpaired) electrons. The number of amides is 2. The van der Waals surface area contributed by atoms with Crippen molar-refractivity contribution in [2.75, 3.05) is 0 Å². The van der Waals surface area contributed by atoms with Crippen LogP contribution in [0.3, 0.4) is 0 Å². The van der Waals surface area contributed by atoms with Gasteiger partial charge in [-0.2, -0.15) is 0 Å². The molecule has 0 heterocycles. The lowest BCUT2D eigenvalue weighted by molar-refractivity contribution is -0.141. The molecule has 0 aliphatic carbocycles. The molecule has 2 amide bonds. The van der Waals surface area contributed by atoms with E-state index in [1.165, 1.54) is 0 Å². The van der Waals surface area contributed by atoms with Gasteiger partial charge in [0.05, 0.1) is 0 Å². The van der Waals surface area contributed by atoms with Crippen molar-refractivity contribution in [3.05, 3.63) is 107 Å².